The molecule has 4 nitrogen and oxygen atoms in total. The molecule has 4 atom stereocenters. The highest BCUT2D eigenvalue weighted by molar-refractivity contribution is 6.33. The summed E-state index contributed by atoms with van der Waals surface area (Å²) in [6, 6.07) is 7.50. The van der Waals surface area contributed by atoms with E-state index >= 15 is 0 Å². The molecule has 3 N–H and O–H groups in total. The maximum Gasteiger partial charge on any atom is 0.0992 e. The molecule has 1 aliphatic heterocycles. The molecular weight excluding hydrogens is 250 g/mol. The normalized spacial score (nSPS) is 33.4. The SMILES string of the molecule is N#Cc1ccc(NC2C(N)C3CCOC32)c(Cl)c1. The number of anilines is 1. The summed E-state index contributed by atoms with van der Waals surface area (Å²) in [6.07, 6.45) is 1.25. The fourth-order valence-corrected chi connectivity index (χ4v) is 3.04. The summed E-state index contributed by atoms with van der Waals surface area (Å²) in [5.74, 6) is 0.472. The van der Waals surface area contributed by atoms with Crippen LogP contribution in [0.2, 0.25) is 5.02 Å². The van der Waals surface area contributed by atoms with E-state index in [0.717, 1.165) is 18.7 Å². The predicted molar refractivity (Wildman–Crippen MR) is 69.4 cm³/mol. The molecule has 4 unspecified atom stereocenters. The highest BCUT2D eigenvalue weighted by Gasteiger charge is 2.52. The Labute approximate surface area is 111 Å². The molecule has 3 rings (SSSR count). The van der Waals surface area contributed by atoms with Gasteiger partial charge < -0.3 is 15.8 Å². The van der Waals surface area contributed by atoms with Gasteiger partial charge in [-0.15, -0.1) is 0 Å². The van der Waals surface area contributed by atoms with Crippen LogP contribution in [0, 0.1) is 17.2 Å². The topological polar surface area (TPSA) is 71.1 Å². The molecule has 0 amide bonds. The highest BCUT2D eigenvalue weighted by atomic mass is 35.5. The molecule has 0 bridgehead atoms. The minimum Gasteiger partial charge on any atom is -0.377 e. The summed E-state index contributed by atoms with van der Waals surface area (Å²) >= 11 is 6.13. The predicted octanol–water partition coefficient (Wildman–Crippen LogP) is 1.74. The van der Waals surface area contributed by atoms with Crippen LogP contribution in [0.1, 0.15) is 12.0 Å². The second kappa shape index (κ2) is 4.43. The standard InChI is InChI=1S/C13H14ClN3O/c14-9-5-7(6-15)1-2-10(9)17-12-11(16)8-3-4-18-13(8)12/h1-2,5,8,11-13,17H,3-4,16H2. The van der Waals surface area contributed by atoms with Crippen molar-refractivity contribution in [2.24, 2.45) is 11.7 Å². The zero-order valence-electron chi connectivity index (χ0n) is 9.77. The van der Waals surface area contributed by atoms with E-state index in [1.165, 1.54) is 0 Å². The van der Waals surface area contributed by atoms with Gasteiger partial charge in [0, 0.05) is 18.6 Å². The third-order valence-corrected chi connectivity index (χ3v) is 4.18. The van der Waals surface area contributed by atoms with Gasteiger partial charge in [0.25, 0.3) is 0 Å². The van der Waals surface area contributed by atoms with Gasteiger partial charge in [0.2, 0.25) is 0 Å². The van der Waals surface area contributed by atoms with E-state index in [4.69, 9.17) is 27.3 Å². The molecule has 94 valence electrons. The average molecular weight is 264 g/mol. The molecule has 1 aromatic carbocycles. The number of nitrogens with two attached hydrogens (primary N) is 1. The summed E-state index contributed by atoms with van der Waals surface area (Å²) < 4.78 is 5.65. The number of nitrogens with zero attached hydrogens (tertiary/aromatic N) is 1. The van der Waals surface area contributed by atoms with E-state index in [9.17, 15) is 0 Å². The smallest absolute Gasteiger partial charge is 0.0992 e. The van der Waals surface area contributed by atoms with Crippen LogP contribution in [0.5, 0.6) is 0 Å². The van der Waals surface area contributed by atoms with E-state index < -0.39 is 0 Å². The van der Waals surface area contributed by atoms with Crippen LogP contribution >= 0.6 is 11.6 Å². The number of nitriles is 1. The lowest BCUT2D eigenvalue weighted by Crippen LogP contribution is -2.65. The minimum atomic E-state index is 0.114. The number of fused-ring (bicyclic) bond motifs is 1. The molecule has 0 spiro atoms. The number of ether oxygens (including phenoxy) is 1. The lowest BCUT2D eigenvalue weighted by atomic mass is 9.72. The first kappa shape index (κ1) is 11.8. The number of nitrogens with one attached hydrogen (secondary N) is 1. The first-order valence-corrected chi connectivity index (χ1v) is 6.42. The quantitative estimate of drug-likeness (QED) is 0.853. The fraction of sp³-hybridized carbons (Fsp3) is 0.462. The number of hydrogen-bond acceptors (Lipinski definition) is 4. The van der Waals surface area contributed by atoms with Gasteiger partial charge in [0.1, 0.15) is 0 Å². The van der Waals surface area contributed by atoms with Crippen molar-refractivity contribution in [2.45, 2.75) is 24.6 Å². The van der Waals surface area contributed by atoms with Gasteiger partial charge in [-0.2, -0.15) is 5.26 Å². The van der Waals surface area contributed by atoms with Gasteiger partial charge in [-0.1, -0.05) is 11.6 Å². The molecule has 1 aliphatic carbocycles. The third kappa shape index (κ3) is 1.76. The van der Waals surface area contributed by atoms with Gasteiger partial charge in [0.05, 0.1) is 34.5 Å². The zero-order chi connectivity index (χ0) is 12.7. The summed E-state index contributed by atoms with van der Waals surface area (Å²) in [5, 5.41) is 12.7. The van der Waals surface area contributed by atoms with E-state index in [0.29, 0.717) is 16.5 Å². The zero-order valence-corrected chi connectivity index (χ0v) is 10.5. The van der Waals surface area contributed by atoms with Crippen LogP contribution in [-0.4, -0.2) is 24.8 Å². The van der Waals surface area contributed by atoms with Crippen molar-refractivity contribution < 1.29 is 4.74 Å². The number of hydrogen-bond donors (Lipinski definition) is 2. The Balaban J connectivity index is 1.75. The molecule has 1 aromatic rings. The maximum absolute atomic E-state index is 8.79. The molecule has 1 saturated carbocycles. The second-order valence-corrected chi connectivity index (χ2v) is 5.25. The summed E-state index contributed by atoms with van der Waals surface area (Å²) in [4.78, 5) is 0. The van der Waals surface area contributed by atoms with Gasteiger partial charge >= 0.3 is 0 Å². The Morgan fingerprint density at radius 3 is 3.06 bits per heavy atom. The van der Waals surface area contributed by atoms with Crippen molar-refractivity contribution in [3.05, 3.63) is 28.8 Å². The average Bonchev–Trinajstić information content (AvgIpc) is 2.81. The highest BCUT2D eigenvalue weighted by Crippen LogP contribution is 2.40. The monoisotopic (exact) mass is 263 g/mol. The molecule has 1 heterocycles. The minimum absolute atomic E-state index is 0.114. The van der Waals surface area contributed by atoms with Crippen LogP contribution in [0.3, 0.4) is 0 Å². The Kier molecular flexibility index (Phi) is 2.90. The van der Waals surface area contributed by atoms with Crippen LogP contribution in [-0.2, 0) is 4.74 Å². The summed E-state index contributed by atoms with van der Waals surface area (Å²) in [5.41, 5.74) is 7.49. The molecule has 0 aromatic heterocycles. The lowest BCUT2D eigenvalue weighted by Gasteiger charge is -2.46. The van der Waals surface area contributed by atoms with E-state index in [2.05, 4.69) is 11.4 Å². The van der Waals surface area contributed by atoms with Crippen molar-refractivity contribution in [2.75, 3.05) is 11.9 Å². The summed E-state index contributed by atoms with van der Waals surface area (Å²) in [6.45, 7) is 0.794. The molecule has 1 saturated heterocycles. The number of rotatable bonds is 2. The van der Waals surface area contributed by atoms with E-state index in [1.807, 2.05) is 6.07 Å². The number of benzene rings is 1. The van der Waals surface area contributed by atoms with Crippen LogP contribution in [0.15, 0.2) is 18.2 Å². The molecule has 2 aliphatic rings. The molecule has 18 heavy (non-hydrogen) atoms. The van der Waals surface area contributed by atoms with Gasteiger partial charge in [-0.25, -0.2) is 0 Å². The Morgan fingerprint density at radius 2 is 2.33 bits per heavy atom. The first-order chi connectivity index (χ1) is 8.70. The van der Waals surface area contributed by atoms with Crippen LogP contribution < -0.4 is 11.1 Å². The van der Waals surface area contributed by atoms with Crippen molar-refractivity contribution in [1.29, 1.82) is 5.26 Å². The van der Waals surface area contributed by atoms with Crippen molar-refractivity contribution >= 4 is 17.3 Å². The van der Waals surface area contributed by atoms with Crippen molar-refractivity contribution in [3.63, 3.8) is 0 Å². The number of halogens is 1. The maximum atomic E-state index is 8.79. The Bertz CT molecular complexity index is 513. The molecule has 0 radical (unpaired) electrons. The molecule has 2 fully saturated rings. The van der Waals surface area contributed by atoms with Gasteiger partial charge in [-0.3, -0.25) is 0 Å². The Hall–Kier alpha value is -1.28. The van der Waals surface area contributed by atoms with E-state index in [-0.39, 0.29) is 18.2 Å². The van der Waals surface area contributed by atoms with Crippen molar-refractivity contribution in [1.82, 2.24) is 0 Å². The van der Waals surface area contributed by atoms with Gasteiger partial charge in [0.15, 0.2) is 0 Å². The molecule has 5 heteroatoms. The largest absolute Gasteiger partial charge is 0.377 e. The van der Waals surface area contributed by atoms with Gasteiger partial charge in [-0.05, 0) is 24.6 Å². The molecular formula is C13H14ClN3O. The second-order valence-electron chi connectivity index (χ2n) is 4.84. The van der Waals surface area contributed by atoms with E-state index in [1.54, 1.807) is 12.1 Å². The van der Waals surface area contributed by atoms with Crippen LogP contribution in [0.25, 0.3) is 0 Å². The van der Waals surface area contributed by atoms with Crippen LogP contribution in [0.4, 0.5) is 5.69 Å². The first-order valence-electron chi connectivity index (χ1n) is 6.04. The fourth-order valence-electron chi connectivity index (χ4n) is 2.81. The lowest BCUT2D eigenvalue weighted by molar-refractivity contribution is 0.00538. The Morgan fingerprint density at radius 1 is 1.50 bits per heavy atom. The van der Waals surface area contributed by atoms with Crippen molar-refractivity contribution in [3.8, 4) is 6.07 Å². The summed E-state index contributed by atoms with van der Waals surface area (Å²) in [7, 11) is 0. The third-order valence-electron chi connectivity index (χ3n) is 3.87.